The number of hydrogen-bond donors (Lipinski definition) is 2. The van der Waals surface area contributed by atoms with Crippen molar-refractivity contribution in [1.29, 1.82) is 0 Å². The van der Waals surface area contributed by atoms with E-state index in [0.717, 1.165) is 19.3 Å². The number of phenolic OH excluding ortho intramolecular Hbond substituents is 1. The second-order valence-corrected chi connectivity index (χ2v) is 5.07. The van der Waals surface area contributed by atoms with Gasteiger partial charge in [0.15, 0.2) is 0 Å². The third kappa shape index (κ3) is 2.26. The lowest BCUT2D eigenvalue weighted by Crippen LogP contribution is -2.41. The molecule has 2 bridgehead atoms. The lowest BCUT2D eigenvalue weighted by molar-refractivity contribution is 0.0839. The Morgan fingerprint density at radius 3 is 2.95 bits per heavy atom. The molecular formula is C14H17NO4. The molecule has 0 aromatic heterocycles. The molecule has 2 aliphatic heterocycles. The van der Waals surface area contributed by atoms with Gasteiger partial charge in [-0.1, -0.05) is 0 Å². The molecule has 3 rings (SSSR count). The van der Waals surface area contributed by atoms with Crippen LogP contribution in [-0.2, 0) is 4.74 Å². The van der Waals surface area contributed by atoms with Gasteiger partial charge in [0, 0.05) is 0 Å². The van der Waals surface area contributed by atoms with E-state index in [2.05, 4.69) is 5.32 Å². The number of aromatic hydroxyl groups is 1. The molecule has 102 valence electrons. The summed E-state index contributed by atoms with van der Waals surface area (Å²) >= 11 is 0. The Morgan fingerprint density at radius 1 is 1.47 bits per heavy atom. The summed E-state index contributed by atoms with van der Waals surface area (Å²) in [4.78, 5) is 12.2. The van der Waals surface area contributed by atoms with Crippen LogP contribution in [0.1, 0.15) is 29.6 Å². The van der Waals surface area contributed by atoms with E-state index in [4.69, 9.17) is 9.47 Å². The summed E-state index contributed by atoms with van der Waals surface area (Å²) < 4.78 is 10.8. The molecule has 2 N–H and O–H groups in total. The first-order valence-corrected chi connectivity index (χ1v) is 6.50. The van der Waals surface area contributed by atoms with Crippen LogP contribution in [0.4, 0.5) is 0 Å². The predicted octanol–water partition coefficient (Wildman–Crippen LogP) is 1.45. The smallest absolute Gasteiger partial charge is 0.255 e. The molecule has 2 aliphatic rings. The Hall–Kier alpha value is -1.75. The number of amides is 1. The summed E-state index contributed by atoms with van der Waals surface area (Å²) in [5.41, 5.74) is 0.238. The Kier molecular flexibility index (Phi) is 3.06. The average molecular weight is 263 g/mol. The highest BCUT2D eigenvalue weighted by Crippen LogP contribution is 2.34. The molecule has 3 unspecified atom stereocenters. The molecule has 1 amide bonds. The third-order valence-corrected chi connectivity index (χ3v) is 3.87. The van der Waals surface area contributed by atoms with Crippen molar-refractivity contribution in [3.05, 3.63) is 23.8 Å². The molecule has 2 fully saturated rings. The number of ether oxygens (including phenoxy) is 2. The van der Waals surface area contributed by atoms with Crippen LogP contribution in [0.15, 0.2) is 18.2 Å². The van der Waals surface area contributed by atoms with Crippen LogP contribution in [0.25, 0.3) is 0 Å². The molecule has 0 radical (unpaired) electrons. The first kappa shape index (κ1) is 12.3. The van der Waals surface area contributed by atoms with Crippen LogP contribution in [0.3, 0.4) is 0 Å². The molecule has 2 saturated heterocycles. The van der Waals surface area contributed by atoms with Gasteiger partial charge in [0.25, 0.3) is 5.91 Å². The van der Waals surface area contributed by atoms with Gasteiger partial charge in [-0.3, -0.25) is 4.79 Å². The summed E-state index contributed by atoms with van der Waals surface area (Å²) in [7, 11) is 1.53. The minimum absolute atomic E-state index is 0.0395. The molecule has 0 saturated carbocycles. The Labute approximate surface area is 111 Å². The van der Waals surface area contributed by atoms with Crippen molar-refractivity contribution in [2.45, 2.75) is 37.5 Å². The number of methoxy groups -OCH3 is 1. The highest BCUT2D eigenvalue weighted by atomic mass is 16.5. The normalized spacial score (nSPS) is 28.4. The van der Waals surface area contributed by atoms with Crippen molar-refractivity contribution in [2.24, 2.45) is 0 Å². The number of nitrogens with one attached hydrogen (secondary N) is 1. The maximum absolute atomic E-state index is 12.2. The second kappa shape index (κ2) is 4.74. The first-order chi connectivity index (χ1) is 9.17. The standard InChI is InChI=1S/C14H17NO4/c1-18-8-2-4-12(16)10(6-8)14(17)15-11-7-9-3-5-13(11)19-9/h2,4,6,9,11,13,16H,3,5,7H2,1H3,(H,15,17). The Bertz CT molecular complexity index is 502. The largest absolute Gasteiger partial charge is 0.507 e. The van der Waals surface area contributed by atoms with Crippen LogP contribution in [0, 0.1) is 0 Å². The van der Waals surface area contributed by atoms with E-state index in [1.807, 2.05) is 0 Å². The van der Waals surface area contributed by atoms with Gasteiger partial charge in [-0.2, -0.15) is 0 Å². The van der Waals surface area contributed by atoms with E-state index in [1.165, 1.54) is 13.2 Å². The van der Waals surface area contributed by atoms with Gasteiger partial charge < -0.3 is 19.9 Å². The SMILES string of the molecule is COc1ccc(O)c(C(=O)NC2CC3CCC2O3)c1. The summed E-state index contributed by atoms with van der Waals surface area (Å²) in [5, 5.41) is 12.7. The van der Waals surface area contributed by atoms with E-state index in [0.29, 0.717) is 5.75 Å². The molecule has 1 aromatic rings. The van der Waals surface area contributed by atoms with Gasteiger partial charge in [-0.05, 0) is 37.5 Å². The number of fused-ring (bicyclic) bond motifs is 2. The van der Waals surface area contributed by atoms with Crippen molar-refractivity contribution < 1.29 is 19.4 Å². The number of rotatable bonds is 3. The van der Waals surface area contributed by atoms with Crippen molar-refractivity contribution >= 4 is 5.91 Å². The van der Waals surface area contributed by atoms with Gasteiger partial charge in [-0.15, -0.1) is 0 Å². The zero-order valence-electron chi connectivity index (χ0n) is 10.8. The van der Waals surface area contributed by atoms with E-state index in [9.17, 15) is 9.90 Å². The lowest BCUT2D eigenvalue weighted by Gasteiger charge is -2.20. The molecule has 0 aliphatic carbocycles. The maximum atomic E-state index is 12.2. The number of carbonyl (C=O) groups is 1. The number of carbonyl (C=O) groups excluding carboxylic acids is 1. The zero-order chi connectivity index (χ0) is 13.4. The third-order valence-electron chi connectivity index (χ3n) is 3.87. The predicted molar refractivity (Wildman–Crippen MR) is 68.4 cm³/mol. The van der Waals surface area contributed by atoms with Crippen molar-refractivity contribution in [2.75, 3.05) is 7.11 Å². The molecule has 5 heteroatoms. The maximum Gasteiger partial charge on any atom is 0.255 e. The summed E-state index contributed by atoms with van der Waals surface area (Å²) in [5.74, 6) is 0.229. The van der Waals surface area contributed by atoms with E-state index < -0.39 is 0 Å². The van der Waals surface area contributed by atoms with Gasteiger partial charge in [0.05, 0.1) is 30.9 Å². The lowest BCUT2D eigenvalue weighted by atomic mass is 9.95. The van der Waals surface area contributed by atoms with E-state index >= 15 is 0 Å². The fourth-order valence-electron chi connectivity index (χ4n) is 2.86. The minimum atomic E-state index is -0.280. The second-order valence-electron chi connectivity index (χ2n) is 5.07. The number of benzene rings is 1. The quantitative estimate of drug-likeness (QED) is 0.866. The van der Waals surface area contributed by atoms with Gasteiger partial charge in [0.1, 0.15) is 11.5 Å². The highest BCUT2D eigenvalue weighted by molar-refractivity contribution is 5.97. The summed E-state index contributed by atoms with van der Waals surface area (Å²) in [6.45, 7) is 0. The minimum Gasteiger partial charge on any atom is -0.507 e. The van der Waals surface area contributed by atoms with Crippen LogP contribution in [0.5, 0.6) is 11.5 Å². The van der Waals surface area contributed by atoms with Gasteiger partial charge in [-0.25, -0.2) is 0 Å². The molecule has 2 heterocycles. The fraction of sp³-hybridized carbons (Fsp3) is 0.500. The van der Waals surface area contributed by atoms with E-state index in [1.54, 1.807) is 12.1 Å². The van der Waals surface area contributed by atoms with Gasteiger partial charge in [0.2, 0.25) is 0 Å². The fourth-order valence-corrected chi connectivity index (χ4v) is 2.86. The van der Waals surface area contributed by atoms with Crippen molar-refractivity contribution in [3.8, 4) is 11.5 Å². The number of phenols is 1. The molecular weight excluding hydrogens is 246 g/mol. The van der Waals surface area contributed by atoms with Crippen LogP contribution in [0.2, 0.25) is 0 Å². The van der Waals surface area contributed by atoms with Crippen molar-refractivity contribution in [3.63, 3.8) is 0 Å². The van der Waals surface area contributed by atoms with Crippen LogP contribution < -0.4 is 10.1 Å². The molecule has 1 aromatic carbocycles. The Morgan fingerprint density at radius 2 is 2.32 bits per heavy atom. The first-order valence-electron chi connectivity index (χ1n) is 6.50. The Balaban J connectivity index is 1.73. The summed E-state index contributed by atoms with van der Waals surface area (Å²) in [6, 6.07) is 4.67. The van der Waals surface area contributed by atoms with E-state index in [-0.39, 0.29) is 35.5 Å². The average Bonchev–Trinajstić information content (AvgIpc) is 3.01. The molecule has 19 heavy (non-hydrogen) atoms. The van der Waals surface area contributed by atoms with Crippen LogP contribution >= 0.6 is 0 Å². The summed E-state index contributed by atoms with van der Waals surface area (Å²) in [6.07, 6.45) is 3.36. The number of hydrogen-bond acceptors (Lipinski definition) is 4. The topological polar surface area (TPSA) is 67.8 Å². The van der Waals surface area contributed by atoms with Crippen molar-refractivity contribution in [1.82, 2.24) is 5.32 Å². The molecule has 3 atom stereocenters. The van der Waals surface area contributed by atoms with Crippen LogP contribution in [-0.4, -0.2) is 36.4 Å². The monoisotopic (exact) mass is 263 g/mol. The zero-order valence-corrected chi connectivity index (χ0v) is 10.8. The van der Waals surface area contributed by atoms with Gasteiger partial charge >= 0.3 is 0 Å². The highest BCUT2D eigenvalue weighted by Gasteiger charge is 2.41. The molecule has 0 spiro atoms. The molecule has 5 nitrogen and oxygen atoms in total.